The van der Waals surface area contributed by atoms with Gasteiger partial charge in [-0.1, -0.05) is 55.4 Å². The molecule has 5 nitrogen and oxygen atoms in total. The summed E-state index contributed by atoms with van der Waals surface area (Å²) in [6.07, 6.45) is 6.09. The van der Waals surface area contributed by atoms with E-state index in [1.165, 1.54) is 24.6 Å². The van der Waals surface area contributed by atoms with Crippen molar-refractivity contribution in [2.75, 3.05) is 0 Å². The largest absolute Gasteiger partial charge is 0.348 e. The van der Waals surface area contributed by atoms with Crippen LogP contribution in [0.4, 0.5) is 0 Å². The maximum absolute atomic E-state index is 12.6. The van der Waals surface area contributed by atoms with Gasteiger partial charge in [0.15, 0.2) is 5.16 Å². The summed E-state index contributed by atoms with van der Waals surface area (Å²) in [5.41, 5.74) is 1.16. The number of carbonyl (C=O) groups is 1. The number of nitrogens with one attached hydrogen (secondary N) is 1. The van der Waals surface area contributed by atoms with Crippen molar-refractivity contribution in [2.24, 2.45) is 0 Å². The third-order valence-electron chi connectivity index (χ3n) is 4.23. The molecule has 1 aromatic heterocycles. The lowest BCUT2D eigenvalue weighted by Gasteiger charge is -2.21. The van der Waals surface area contributed by atoms with E-state index in [4.69, 9.17) is 0 Å². The van der Waals surface area contributed by atoms with Crippen LogP contribution in [0.15, 0.2) is 41.8 Å². The number of carbonyl (C=O) groups excluding carboxylic acids is 1. The Labute approximate surface area is 147 Å². The smallest absolute Gasteiger partial charge is 0.233 e. The Morgan fingerprint density at radius 3 is 2.79 bits per heavy atom. The molecule has 1 saturated carbocycles. The first-order chi connectivity index (χ1) is 11.7. The van der Waals surface area contributed by atoms with Crippen LogP contribution in [0.5, 0.6) is 0 Å². The fourth-order valence-corrected chi connectivity index (χ4v) is 3.62. The average molecular weight is 344 g/mol. The molecule has 1 N–H and O–H groups in total. The molecule has 1 aromatic carbocycles. The number of hydrogen-bond donors (Lipinski definition) is 1. The van der Waals surface area contributed by atoms with Crippen LogP contribution in [-0.2, 0) is 4.79 Å². The second-order valence-corrected chi connectivity index (χ2v) is 7.58. The molecule has 1 aliphatic carbocycles. The Morgan fingerprint density at radius 2 is 2.12 bits per heavy atom. The molecule has 1 fully saturated rings. The number of rotatable bonds is 8. The predicted molar refractivity (Wildman–Crippen MR) is 95.8 cm³/mol. The van der Waals surface area contributed by atoms with Gasteiger partial charge >= 0.3 is 0 Å². The minimum absolute atomic E-state index is 0.0487. The molecule has 0 spiro atoms. The van der Waals surface area contributed by atoms with Gasteiger partial charge in [-0.2, -0.15) is 0 Å². The molecule has 1 amide bonds. The summed E-state index contributed by atoms with van der Waals surface area (Å²) in [5, 5.41) is 12.0. The summed E-state index contributed by atoms with van der Waals surface area (Å²) in [7, 11) is 0. The number of benzene rings is 1. The Balaban J connectivity index is 1.62. The summed E-state index contributed by atoms with van der Waals surface area (Å²) in [6, 6.07) is 10.8. The van der Waals surface area contributed by atoms with Gasteiger partial charge in [-0.05, 0) is 31.7 Å². The van der Waals surface area contributed by atoms with Gasteiger partial charge in [0.25, 0.3) is 0 Å². The zero-order chi connectivity index (χ0) is 16.9. The molecule has 1 heterocycles. The fraction of sp³-hybridized carbons (Fsp3) is 0.500. The highest BCUT2D eigenvalue weighted by molar-refractivity contribution is 8.00. The molecule has 0 unspecified atom stereocenters. The van der Waals surface area contributed by atoms with Crippen molar-refractivity contribution in [2.45, 2.75) is 62.0 Å². The van der Waals surface area contributed by atoms with Crippen molar-refractivity contribution in [1.82, 2.24) is 20.1 Å². The van der Waals surface area contributed by atoms with Crippen molar-refractivity contribution in [3.05, 3.63) is 42.2 Å². The van der Waals surface area contributed by atoms with E-state index in [1.54, 1.807) is 6.33 Å². The Kier molecular flexibility index (Phi) is 5.56. The second-order valence-electron chi connectivity index (χ2n) is 6.27. The normalized spacial score (nSPS) is 16.6. The molecule has 2 aromatic rings. The monoisotopic (exact) mass is 344 g/mol. The van der Waals surface area contributed by atoms with Crippen LogP contribution in [0.3, 0.4) is 0 Å². The quantitative estimate of drug-likeness (QED) is 0.741. The third kappa shape index (κ3) is 4.17. The molecule has 24 heavy (non-hydrogen) atoms. The average Bonchev–Trinajstić information content (AvgIpc) is 3.34. The highest BCUT2D eigenvalue weighted by Crippen LogP contribution is 2.38. The van der Waals surface area contributed by atoms with Gasteiger partial charge in [-0.25, -0.2) is 0 Å². The molecular formula is C18H24N4OS. The van der Waals surface area contributed by atoms with Crippen molar-refractivity contribution >= 4 is 17.7 Å². The molecule has 3 rings (SSSR count). The van der Waals surface area contributed by atoms with Crippen molar-refractivity contribution in [3.8, 4) is 0 Å². The van der Waals surface area contributed by atoms with E-state index >= 15 is 0 Å². The van der Waals surface area contributed by atoms with Gasteiger partial charge in [0.05, 0.1) is 11.3 Å². The number of amides is 1. The van der Waals surface area contributed by atoms with Gasteiger partial charge in [-0.15, -0.1) is 10.2 Å². The van der Waals surface area contributed by atoms with E-state index in [2.05, 4.69) is 39.1 Å². The topological polar surface area (TPSA) is 59.8 Å². The zero-order valence-corrected chi connectivity index (χ0v) is 15.0. The maximum Gasteiger partial charge on any atom is 0.233 e. The van der Waals surface area contributed by atoms with Crippen LogP contribution in [0, 0.1) is 0 Å². The van der Waals surface area contributed by atoms with Crippen LogP contribution < -0.4 is 5.32 Å². The highest BCUT2D eigenvalue weighted by Gasteiger charge is 2.28. The summed E-state index contributed by atoms with van der Waals surface area (Å²) in [5.74, 6) is 0.0487. The molecule has 0 bridgehead atoms. The van der Waals surface area contributed by atoms with Gasteiger partial charge in [-0.3, -0.25) is 4.79 Å². The molecule has 128 valence electrons. The van der Waals surface area contributed by atoms with Crippen LogP contribution in [0.1, 0.15) is 57.2 Å². The molecule has 0 aliphatic heterocycles. The number of hydrogen-bond acceptors (Lipinski definition) is 4. The lowest BCUT2D eigenvalue weighted by Crippen LogP contribution is -2.34. The fourth-order valence-electron chi connectivity index (χ4n) is 2.72. The first-order valence-electron chi connectivity index (χ1n) is 8.60. The van der Waals surface area contributed by atoms with Gasteiger partial charge in [0.1, 0.15) is 6.33 Å². The lowest BCUT2D eigenvalue weighted by atomic mass is 10.0. The van der Waals surface area contributed by atoms with E-state index in [0.717, 1.165) is 23.6 Å². The SMILES string of the molecule is CCC[C@H](NC(=O)[C@H](C)Sc1nncn1C1CC1)c1ccccc1. The summed E-state index contributed by atoms with van der Waals surface area (Å²) >= 11 is 1.49. The zero-order valence-electron chi connectivity index (χ0n) is 14.2. The highest BCUT2D eigenvalue weighted by atomic mass is 32.2. The third-order valence-corrected chi connectivity index (χ3v) is 5.30. The summed E-state index contributed by atoms with van der Waals surface area (Å²) in [6.45, 7) is 4.07. The Morgan fingerprint density at radius 1 is 1.38 bits per heavy atom. The van der Waals surface area contributed by atoms with Crippen LogP contribution in [0.25, 0.3) is 0 Å². The van der Waals surface area contributed by atoms with Crippen molar-refractivity contribution in [3.63, 3.8) is 0 Å². The van der Waals surface area contributed by atoms with Gasteiger partial charge < -0.3 is 9.88 Å². The van der Waals surface area contributed by atoms with Gasteiger partial charge in [0, 0.05) is 6.04 Å². The van der Waals surface area contributed by atoms with E-state index in [1.807, 2.05) is 25.1 Å². The molecular weight excluding hydrogens is 320 g/mol. The molecule has 0 radical (unpaired) electrons. The van der Waals surface area contributed by atoms with Gasteiger partial charge in [0.2, 0.25) is 5.91 Å². The first kappa shape index (κ1) is 17.0. The lowest BCUT2D eigenvalue weighted by molar-refractivity contribution is -0.121. The first-order valence-corrected chi connectivity index (χ1v) is 9.48. The van der Waals surface area contributed by atoms with E-state index in [0.29, 0.717) is 6.04 Å². The Hall–Kier alpha value is -1.82. The molecule has 2 atom stereocenters. The van der Waals surface area contributed by atoms with E-state index in [9.17, 15) is 4.79 Å². The van der Waals surface area contributed by atoms with E-state index in [-0.39, 0.29) is 17.2 Å². The number of nitrogens with zero attached hydrogens (tertiary/aromatic N) is 3. The predicted octanol–water partition coefficient (Wildman–Crippen LogP) is 3.75. The van der Waals surface area contributed by atoms with Crippen molar-refractivity contribution in [1.29, 1.82) is 0 Å². The molecule has 1 aliphatic rings. The summed E-state index contributed by atoms with van der Waals surface area (Å²) in [4.78, 5) is 12.6. The van der Waals surface area contributed by atoms with E-state index < -0.39 is 0 Å². The standard InChI is InChI=1S/C18H24N4OS/c1-3-7-16(14-8-5-4-6-9-14)20-17(23)13(2)24-18-21-19-12-22(18)15-10-11-15/h4-6,8-9,12-13,15-16H,3,7,10-11H2,1-2H3,(H,20,23)/t13-,16-/m0/s1. The van der Waals surface area contributed by atoms with Crippen LogP contribution >= 0.6 is 11.8 Å². The Bertz CT molecular complexity index is 669. The van der Waals surface area contributed by atoms with Crippen LogP contribution in [-0.4, -0.2) is 25.9 Å². The number of thioether (sulfide) groups is 1. The second kappa shape index (κ2) is 7.83. The number of aromatic nitrogens is 3. The van der Waals surface area contributed by atoms with Crippen molar-refractivity contribution < 1.29 is 4.79 Å². The minimum Gasteiger partial charge on any atom is -0.348 e. The van der Waals surface area contributed by atoms with Crippen LogP contribution in [0.2, 0.25) is 0 Å². The molecule has 0 saturated heterocycles. The summed E-state index contributed by atoms with van der Waals surface area (Å²) < 4.78 is 2.09. The minimum atomic E-state index is -0.199. The maximum atomic E-state index is 12.6. The molecule has 6 heteroatoms.